The normalized spacial score (nSPS) is 35.5. The standard InChI is InChI=1S/C25H50N4O4/c1-18(30)16-29(17-19(2)31)12-13-33-24-10-6-22(7-11-24)28-25-26-14-21(15-27-25)20-4-8-23(32-3)9-5-20/h18-28,30-31H,4-17H2,1-3H3. The Kier molecular flexibility index (Phi) is 11.8. The van der Waals surface area contributed by atoms with Gasteiger partial charge in [-0.3, -0.25) is 20.9 Å². The maximum Gasteiger partial charge on any atom is 0.112 e. The maximum atomic E-state index is 9.66. The fourth-order valence-corrected chi connectivity index (χ4v) is 5.91. The molecule has 8 nitrogen and oxygen atoms in total. The molecule has 5 N–H and O–H groups in total. The Labute approximate surface area is 201 Å². The van der Waals surface area contributed by atoms with Crippen molar-refractivity contribution in [2.75, 3.05) is 46.4 Å². The molecule has 0 aromatic carbocycles. The molecule has 0 aromatic heterocycles. The van der Waals surface area contributed by atoms with E-state index in [1.54, 1.807) is 13.8 Å². The van der Waals surface area contributed by atoms with Crippen molar-refractivity contribution in [3.63, 3.8) is 0 Å². The van der Waals surface area contributed by atoms with Crippen LogP contribution in [0.2, 0.25) is 0 Å². The molecule has 0 bridgehead atoms. The fourth-order valence-electron chi connectivity index (χ4n) is 5.91. The van der Waals surface area contributed by atoms with Crippen molar-refractivity contribution >= 4 is 0 Å². The molecule has 0 aromatic rings. The van der Waals surface area contributed by atoms with E-state index < -0.39 is 12.2 Å². The summed E-state index contributed by atoms with van der Waals surface area (Å²) in [4.78, 5) is 2.08. The second kappa shape index (κ2) is 14.3. The van der Waals surface area contributed by atoms with Crippen LogP contribution in [0.25, 0.3) is 0 Å². The molecule has 1 heterocycles. The highest BCUT2D eigenvalue weighted by Crippen LogP contribution is 2.31. The van der Waals surface area contributed by atoms with Crippen molar-refractivity contribution in [1.29, 1.82) is 0 Å². The van der Waals surface area contributed by atoms with E-state index in [1.165, 1.54) is 25.7 Å². The Morgan fingerprint density at radius 2 is 1.42 bits per heavy atom. The van der Waals surface area contributed by atoms with Crippen molar-refractivity contribution in [2.45, 2.75) is 102 Å². The minimum Gasteiger partial charge on any atom is -0.392 e. The lowest BCUT2D eigenvalue weighted by atomic mass is 9.78. The number of hydrogen-bond acceptors (Lipinski definition) is 8. The number of ether oxygens (including phenoxy) is 2. The highest BCUT2D eigenvalue weighted by Gasteiger charge is 2.31. The van der Waals surface area contributed by atoms with Gasteiger partial charge >= 0.3 is 0 Å². The molecule has 0 amide bonds. The summed E-state index contributed by atoms with van der Waals surface area (Å²) in [6.45, 7) is 8.31. The first kappa shape index (κ1) is 27.3. The number of methoxy groups -OCH3 is 1. The van der Waals surface area contributed by atoms with Crippen molar-refractivity contribution in [3.8, 4) is 0 Å². The van der Waals surface area contributed by atoms with Crippen LogP contribution in [0.3, 0.4) is 0 Å². The van der Waals surface area contributed by atoms with Crippen molar-refractivity contribution in [3.05, 3.63) is 0 Å². The van der Waals surface area contributed by atoms with Crippen LogP contribution in [0.15, 0.2) is 0 Å². The van der Waals surface area contributed by atoms with Gasteiger partial charge in [-0.1, -0.05) is 0 Å². The third-order valence-corrected chi connectivity index (χ3v) is 7.77. The number of aliphatic hydroxyl groups is 2. The average Bonchev–Trinajstić information content (AvgIpc) is 2.80. The fraction of sp³-hybridized carbons (Fsp3) is 1.00. The van der Waals surface area contributed by atoms with E-state index in [1.807, 2.05) is 7.11 Å². The molecule has 1 saturated heterocycles. The molecule has 1 aliphatic heterocycles. The summed E-state index contributed by atoms with van der Waals surface area (Å²) in [5, 5.41) is 30.5. The van der Waals surface area contributed by atoms with E-state index in [2.05, 4.69) is 20.9 Å². The molecule has 33 heavy (non-hydrogen) atoms. The summed E-state index contributed by atoms with van der Waals surface area (Å²) in [7, 11) is 1.84. The van der Waals surface area contributed by atoms with Crippen molar-refractivity contribution in [1.82, 2.24) is 20.9 Å². The molecular formula is C25H50N4O4. The molecular weight excluding hydrogens is 420 g/mol. The van der Waals surface area contributed by atoms with Crippen LogP contribution in [0, 0.1) is 11.8 Å². The van der Waals surface area contributed by atoms with Gasteiger partial charge in [-0.2, -0.15) is 0 Å². The van der Waals surface area contributed by atoms with Crippen LogP contribution in [0.5, 0.6) is 0 Å². The third kappa shape index (κ3) is 9.68. The van der Waals surface area contributed by atoms with E-state index >= 15 is 0 Å². The van der Waals surface area contributed by atoms with Gasteiger partial charge in [0.15, 0.2) is 0 Å². The number of aliphatic hydroxyl groups excluding tert-OH is 2. The Balaban J connectivity index is 1.26. The van der Waals surface area contributed by atoms with Crippen LogP contribution >= 0.6 is 0 Å². The summed E-state index contributed by atoms with van der Waals surface area (Å²) in [6.07, 6.45) is 9.69. The minimum atomic E-state index is -0.395. The molecule has 3 aliphatic rings. The molecule has 2 unspecified atom stereocenters. The van der Waals surface area contributed by atoms with Gasteiger partial charge < -0.3 is 19.7 Å². The average molecular weight is 471 g/mol. The predicted molar refractivity (Wildman–Crippen MR) is 131 cm³/mol. The smallest absolute Gasteiger partial charge is 0.112 e. The zero-order valence-corrected chi connectivity index (χ0v) is 21.2. The Morgan fingerprint density at radius 3 is 1.97 bits per heavy atom. The molecule has 2 aliphatic carbocycles. The SMILES string of the molecule is COC1CCC(C2CNC(NC3CCC(OCCN(CC(C)O)CC(C)O)CC3)NC2)CC1. The first-order valence-electron chi connectivity index (χ1n) is 13.4. The van der Waals surface area contributed by atoms with E-state index in [9.17, 15) is 10.2 Å². The summed E-state index contributed by atoms with van der Waals surface area (Å²) in [5.74, 6) is 1.55. The molecule has 2 saturated carbocycles. The lowest BCUT2D eigenvalue weighted by molar-refractivity contribution is -0.00158. The number of nitrogens with zero attached hydrogens (tertiary/aromatic N) is 1. The Hall–Kier alpha value is -0.320. The van der Waals surface area contributed by atoms with Crippen LogP contribution in [0.4, 0.5) is 0 Å². The predicted octanol–water partition coefficient (Wildman–Crippen LogP) is 1.27. The van der Waals surface area contributed by atoms with E-state index in [0.29, 0.717) is 37.9 Å². The number of hydrogen-bond donors (Lipinski definition) is 5. The molecule has 3 rings (SSSR count). The van der Waals surface area contributed by atoms with Crippen molar-refractivity contribution < 1.29 is 19.7 Å². The molecule has 2 atom stereocenters. The van der Waals surface area contributed by atoms with Crippen LogP contribution in [-0.4, -0.2) is 98.3 Å². The highest BCUT2D eigenvalue weighted by atomic mass is 16.5. The summed E-state index contributed by atoms with van der Waals surface area (Å²) in [6, 6.07) is 0.533. The van der Waals surface area contributed by atoms with E-state index in [-0.39, 0.29) is 6.29 Å². The van der Waals surface area contributed by atoms with Gasteiger partial charge in [0.1, 0.15) is 6.29 Å². The second-order valence-corrected chi connectivity index (χ2v) is 10.8. The van der Waals surface area contributed by atoms with Crippen LogP contribution in [-0.2, 0) is 9.47 Å². The summed E-state index contributed by atoms with van der Waals surface area (Å²) >= 11 is 0. The first-order chi connectivity index (χ1) is 15.9. The maximum absolute atomic E-state index is 9.66. The van der Waals surface area contributed by atoms with Gasteiger partial charge in [0.2, 0.25) is 0 Å². The zero-order valence-electron chi connectivity index (χ0n) is 21.2. The zero-order chi connectivity index (χ0) is 23.6. The van der Waals surface area contributed by atoms with Gasteiger partial charge in [-0.05, 0) is 77.0 Å². The van der Waals surface area contributed by atoms with Crippen LogP contribution in [0.1, 0.15) is 65.2 Å². The molecule has 0 radical (unpaired) electrons. The third-order valence-electron chi connectivity index (χ3n) is 7.77. The quantitative estimate of drug-likeness (QED) is 0.291. The summed E-state index contributed by atoms with van der Waals surface area (Å²) < 4.78 is 11.7. The highest BCUT2D eigenvalue weighted by molar-refractivity contribution is 4.87. The lowest BCUT2D eigenvalue weighted by Crippen LogP contribution is -2.63. The van der Waals surface area contributed by atoms with E-state index in [4.69, 9.17) is 9.47 Å². The first-order valence-corrected chi connectivity index (χ1v) is 13.4. The molecule has 8 heteroatoms. The van der Waals surface area contributed by atoms with Gasteiger partial charge in [0, 0.05) is 45.9 Å². The number of rotatable bonds is 12. The largest absolute Gasteiger partial charge is 0.392 e. The van der Waals surface area contributed by atoms with Gasteiger partial charge in [0.25, 0.3) is 0 Å². The van der Waals surface area contributed by atoms with E-state index in [0.717, 1.165) is 57.2 Å². The molecule has 194 valence electrons. The monoisotopic (exact) mass is 470 g/mol. The number of nitrogens with one attached hydrogen (secondary N) is 3. The van der Waals surface area contributed by atoms with Crippen LogP contribution < -0.4 is 16.0 Å². The second-order valence-electron chi connectivity index (χ2n) is 10.8. The van der Waals surface area contributed by atoms with Gasteiger partial charge in [0.05, 0.1) is 31.0 Å². The molecule has 3 fully saturated rings. The van der Waals surface area contributed by atoms with Gasteiger partial charge in [-0.15, -0.1) is 0 Å². The summed E-state index contributed by atoms with van der Waals surface area (Å²) in [5.41, 5.74) is 0. The Morgan fingerprint density at radius 1 is 0.848 bits per heavy atom. The lowest BCUT2D eigenvalue weighted by Gasteiger charge is -2.40. The Bertz CT molecular complexity index is 505. The minimum absolute atomic E-state index is 0.216. The topological polar surface area (TPSA) is 98.2 Å². The van der Waals surface area contributed by atoms with Crippen molar-refractivity contribution in [2.24, 2.45) is 11.8 Å². The van der Waals surface area contributed by atoms with Gasteiger partial charge in [-0.25, -0.2) is 0 Å². The molecule has 0 spiro atoms.